The van der Waals surface area contributed by atoms with Gasteiger partial charge in [-0.25, -0.2) is 0 Å². The standard InChI is InChI=1S/C14H19NO/c1-2-5-12(4-1)13-6-8-14(9-7-13)16-15-10-3-11-15/h6-9,12H,1-5,10-11H2. The van der Waals surface area contributed by atoms with Crippen molar-refractivity contribution < 1.29 is 4.84 Å². The molecule has 1 aliphatic heterocycles. The molecule has 0 amide bonds. The van der Waals surface area contributed by atoms with Crippen LogP contribution in [0.4, 0.5) is 0 Å². The molecule has 2 aliphatic rings. The van der Waals surface area contributed by atoms with E-state index in [1.165, 1.54) is 37.7 Å². The highest BCUT2D eigenvalue weighted by Crippen LogP contribution is 2.34. The fourth-order valence-corrected chi connectivity index (χ4v) is 2.59. The Morgan fingerprint density at radius 1 is 0.938 bits per heavy atom. The van der Waals surface area contributed by atoms with E-state index in [0.29, 0.717) is 0 Å². The Bertz CT molecular complexity index is 336. The van der Waals surface area contributed by atoms with Gasteiger partial charge in [0.2, 0.25) is 0 Å². The quantitative estimate of drug-likeness (QED) is 0.770. The molecule has 0 unspecified atom stereocenters. The number of nitrogens with zero attached hydrogens (tertiary/aromatic N) is 1. The summed E-state index contributed by atoms with van der Waals surface area (Å²) in [6, 6.07) is 8.72. The van der Waals surface area contributed by atoms with Crippen LogP contribution in [0.3, 0.4) is 0 Å². The van der Waals surface area contributed by atoms with E-state index in [1.807, 2.05) is 5.06 Å². The van der Waals surface area contributed by atoms with Crippen LogP contribution in [-0.2, 0) is 0 Å². The van der Waals surface area contributed by atoms with Gasteiger partial charge >= 0.3 is 0 Å². The number of hydrogen-bond acceptors (Lipinski definition) is 2. The van der Waals surface area contributed by atoms with Crippen LogP contribution in [-0.4, -0.2) is 18.2 Å². The molecule has 2 heteroatoms. The van der Waals surface area contributed by atoms with Gasteiger partial charge in [-0.3, -0.25) is 0 Å². The van der Waals surface area contributed by atoms with Crippen LogP contribution in [0, 0.1) is 0 Å². The second-order valence-electron chi connectivity index (χ2n) is 4.92. The molecule has 1 aromatic carbocycles. The molecule has 1 heterocycles. The van der Waals surface area contributed by atoms with Gasteiger partial charge in [-0.2, -0.15) is 0 Å². The normalized spacial score (nSPS) is 22.0. The van der Waals surface area contributed by atoms with Crippen molar-refractivity contribution in [1.29, 1.82) is 0 Å². The lowest BCUT2D eigenvalue weighted by Crippen LogP contribution is -2.39. The lowest BCUT2D eigenvalue weighted by Gasteiger charge is -2.29. The molecule has 2 nitrogen and oxygen atoms in total. The van der Waals surface area contributed by atoms with Gasteiger partial charge in [-0.1, -0.05) is 25.0 Å². The van der Waals surface area contributed by atoms with Gasteiger partial charge in [0.05, 0.1) is 0 Å². The highest BCUT2D eigenvalue weighted by atomic mass is 16.7. The van der Waals surface area contributed by atoms with Crippen LogP contribution < -0.4 is 4.84 Å². The van der Waals surface area contributed by atoms with Crippen molar-refractivity contribution in [3.8, 4) is 5.75 Å². The summed E-state index contributed by atoms with van der Waals surface area (Å²) in [5, 5.41) is 2.02. The summed E-state index contributed by atoms with van der Waals surface area (Å²) < 4.78 is 0. The van der Waals surface area contributed by atoms with E-state index >= 15 is 0 Å². The lowest BCUT2D eigenvalue weighted by atomic mass is 9.98. The van der Waals surface area contributed by atoms with Gasteiger partial charge in [0.1, 0.15) is 5.75 Å². The smallest absolute Gasteiger partial charge is 0.147 e. The molecule has 0 bridgehead atoms. The minimum atomic E-state index is 0.804. The summed E-state index contributed by atoms with van der Waals surface area (Å²) >= 11 is 0. The maximum atomic E-state index is 5.70. The maximum Gasteiger partial charge on any atom is 0.147 e. The number of benzene rings is 1. The van der Waals surface area contributed by atoms with Crippen LogP contribution in [0.1, 0.15) is 43.6 Å². The number of hydrogen-bond donors (Lipinski definition) is 0. The van der Waals surface area contributed by atoms with E-state index in [0.717, 1.165) is 24.8 Å². The molecule has 3 rings (SSSR count). The predicted molar refractivity (Wildman–Crippen MR) is 64.5 cm³/mol. The van der Waals surface area contributed by atoms with E-state index < -0.39 is 0 Å². The van der Waals surface area contributed by atoms with E-state index in [1.54, 1.807) is 0 Å². The average Bonchev–Trinajstić information content (AvgIpc) is 2.78. The average molecular weight is 217 g/mol. The van der Waals surface area contributed by atoms with Gasteiger partial charge < -0.3 is 4.84 Å². The van der Waals surface area contributed by atoms with Gasteiger partial charge in [0.15, 0.2) is 0 Å². The summed E-state index contributed by atoms with van der Waals surface area (Å²) in [5.74, 6) is 1.79. The Labute approximate surface area is 97.2 Å². The van der Waals surface area contributed by atoms with E-state index in [-0.39, 0.29) is 0 Å². The third-order valence-corrected chi connectivity index (χ3v) is 3.76. The van der Waals surface area contributed by atoms with Crippen molar-refractivity contribution in [1.82, 2.24) is 5.06 Å². The minimum absolute atomic E-state index is 0.804. The Hall–Kier alpha value is -1.02. The maximum absolute atomic E-state index is 5.70. The van der Waals surface area contributed by atoms with Crippen LogP contribution in [0.2, 0.25) is 0 Å². The zero-order valence-corrected chi connectivity index (χ0v) is 9.69. The van der Waals surface area contributed by atoms with Gasteiger partial charge in [-0.05, 0) is 42.9 Å². The molecule has 1 saturated carbocycles. The van der Waals surface area contributed by atoms with E-state index in [9.17, 15) is 0 Å². The molecule has 0 spiro atoms. The largest absolute Gasteiger partial charge is 0.406 e. The first-order valence-electron chi connectivity index (χ1n) is 6.45. The van der Waals surface area contributed by atoms with Gasteiger partial charge in [-0.15, -0.1) is 5.06 Å². The molecule has 0 N–H and O–H groups in total. The van der Waals surface area contributed by atoms with Gasteiger partial charge in [0.25, 0.3) is 0 Å². The van der Waals surface area contributed by atoms with Crippen molar-refractivity contribution in [3.05, 3.63) is 29.8 Å². The van der Waals surface area contributed by atoms with Crippen LogP contribution in [0.5, 0.6) is 5.75 Å². The molecular formula is C14H19NO. The SMILES string of the molecule is c1cc(C2CCCC2)ccc1ON1CCC1. The molecule has 16 heavy (non-hydrogen) atoms. The molecule has 0 aromatic heterocycles. The summed E-state index contributed by atoms with van der Waals surface area (Å²) in [6.07, 6.45) is 6.80. The Morgan fingerprint density at radius 3 is 2.19 bits per heavy atom. The van der Waals surface area contributed by atoms with Crippen molar-refractivity contribution >= 4 is 0 Å². The topological polar surface area (TPSA) is 12.5 Å². The highest BCUT2D eigenvalue weighted by molar-refractivity contribution is 5.29. The number of hydroxylamine groups is 2. The Balaban J connectivity index is 1.64. The monoisotopic (exact) mass is 217 g/mol. The molecule has 1 aromatic rings. The van der Waals surface area contributed by atoms with E-state index in [4.69, 9.17) is 4.84 Å². The molecule has 86 valence electrons. The van der Waals surface area contributed by atoms with Crippen LogP contribution >= 0.6 is 0 Å². The fraction of sp³-hybridized carbons (Fsp3) is 0.571. The molecule has 0 radical (unpaired) electrons. The summed E-state index contributed by atoms with van der Waals surface area (Å²) in [6.45, 7) is 2.15. The molecular weight excluding hydrogens is 198 g/mol. The second-order valence-corrected chi connectivity index (χ2v) is 4.92. The number of rotatable bonds is 3. The first kappa shape index (κ1) is 10.2. The van der Waals surface area contributed by atoms with Crippen LogP contribution in [0.25, 0.3) is 0 Å². The van der Waals surface area contributed by atoms with Crippen LogP contribution in [0.15, 0.2) is 24.3 Å². The third kappa shape index (κ3) is 2.07. The van der Waals surface area contributed by atoms with Crippen molar-refractivity contribution in [3.63, 3.8) is 0 Å². The zero-order valence-electron chi connectivity index (χ0n) is 9.69. The first-order chi connectivity index (χ1) is 7.92. The van der Waals surface area contributed by atoms with Crippen molar-refractivity contribution in [2.24, 2.45) is 0 Å². The summed E-state index contributed by atoms with van der Waals surface area (Å²) in [5.41, 5.74) is 1.49. The first-order valence-corrected chi connectivity index (χ1v) is 6.45. The molecule has 1 saturated heterocycles. The molecule has 0 atom stereocenters. The van der Waals surface area contributed by atoms with Crippen molar-refractivity contribution in [2.45, 2.75) is 38.0 Å². The zero-order chi connectivity index (χ0) is 10.8. The minimum Gasteiger partial charge on any atom is -0.406 e. The highest BCUT2D eigenvalue weighted by Gasteiger charge is 2.18. The van der Waals surface area contributed by atoms with Gasteiger partial charge in [0, 0.05) is 13.1 Å². The Kier molecular flexibility index (Phi) is 2.83. The summed E-state index contributed by atoms with van der Waals surface area (Å²) in [7, 11) is 0. The molecule has 2 fully saturated rings. The molecule has 1 aliphatic carbocycles. The van der Waals surface area contributed by atoms with Crippen molar-refractivity contribution in [2.75, 3.05) is 13.1 Å². The fourth-order valence-electron chi connectivity index (χ4n) is 2.59. The predicted octanol–water partition coefficient (Wildman–Crippen LogP) is 3.34. The summed E-state index contributed by atoms with van der Waals surface area (Å²) in [4.78, 5) is 5.70. The second kappa shape index (κ2) is 4.46. The Morgan fingerprint density at radius 2 is 1.62 bits per heavy atom. The van der Waals surface area contributed by atoms with E-state index in [2.05, 4.69) is 24.3 Å². The third-order valence-electron chi connectivity index (χ3n) is 3.76. The lowest BCUT2D eigenvalue weighted by molar-refractivity contribution is -0.107.